The van der Waals surface area contributed by atoms with Gasteiger partial charge in [0.1, 0.15) is 0 Å². The Morgan fingerprint density at radius 2 is 1.36 bits per heavy atom. The number of para-hydroxylation sites is 2. The molecule has 0 aliphatic carbocycles. The number of nitrogens with zero attached hydrogens (tertiary/aromatic N) is 4. The molecule has 3 heterocycles. The molecule has 7 rings (SSSR count). The summed E-state index contributed by atoms with van der Waals surface area (Å²) in [6.45, 7) is 12.9. The number of aromatic hydroxyl groups is 1. The molecule has 3 aromatic heterocycles. The summed E-state index contributed by atoms with van der Waals surface area (Å²) in [5, 5.41) is 11.2. The van der Waals surface area contributed by atoms with E-state index in [4.69, 9.17) is 9.97 Å². The van der Waals surface area contributed by atoms with Crippen LogP contribution >= 0.6 is 0 Å². The summed E-state index contributed by atoms with van der Waals surface area (Å²) < 4.78 is 2.12. The molecular weight excluding hydrogens is 576 g/mol. The molecule has 0 spiro atoms. The summed E-state index contributed by atoms with van der Waals surface area (Å²) in [4.78, 5) is 14.5. The number of aromatic nitrogens is 4. The standard InChI is InChI=1S/C42H38N4O/c1-26-19-27(2)38(28(3)20-26)31-22-29(21-30(23-31)36-16-10-11-18-43-36)34-15-12-17-37-39(34)45-40(46(37)33-13-8-7-9-14-33)35-24-32(42(4,5)6)25-44-41(35)47/h7-25H,1-6H3,(H,44,47). The minimum atomic E-state index is -0.154. The molecule has 0 unspecified atom stereocenters. The van der Waals surface area contributed by atoms with E-state index in [0.717, 1.165) is 50.2 Å². The van der Waals surface area contributed by atoms with Gasteiger partial charge in [-0.05, 0) is 114 Å². The van der Waals surface area contributed by atoms with Crippen molar-refractivity contribution in [3.05, 3.63) is 138 Å². The van der Waals surface area contributed by atoms with Crippen molar-refractivity contribution in [3.8, 4) is 56.5 Å². The molecule has 232 valence electrons. The molecule has 0 radical (unpaired) electrons. The largest absolute Gasteiger partial charge is 0.493 e. The Bertz CT molecular complexity index is 2240. The first-order chi connectivity index (χ1) is 22.6. The van der Waals surface area contributed by atoms with E-state index >= 15 is 0 Å². The predicted molar refractivity (Wildman–Crippen MR) is 193 cm³/mol. The molecule has 0 atom stereocenters. The lowest BCUT2D eigenvalue weighted by Crippen LogP contribution is -2.12. The van der Waals surface area contributed by atoms with Crippen LogP contribution in [0.15, 0.2) is 116 Å². The molecule has 0 saturated heterocycles. The van der Waals surface area contributed by atoms with Crippen LogP contribution in [0.1, 0.15) is 43.0 Å². The maximum atomic E-state index is 11.2. The summed E-state index contributed by atoms with van der Waals surface area (Å²) in [7, 11) is 0. The molecule has 47 heavy (non-hydrogen) atoms. The zero-order valence-corrected chi connectivity index (χ0v) is 27.7. The Hall–Kier alpha value is -5.55. The van der Waals surface area contributed by atoms with Crippen molar-refractivity contribution < 1.29 is 5.11 Å². The summed E-state index contributed by atoms with van der Waals surface area (Å²) in [5.41, 5.74) is 14.3. The first-order valence-electron chi connectivity index (χ1n) is 16.0. The lowest BCUT2D eigenvalue weighted by Gasteiger charge is -2.19. The Kier molecular flexibility index (Phi) is 7.48. The van der Waals surface area contributed by atoms with Crippen LogP contribution in [0.4, 0.5) is 0 Å². The first-order valence-corrected chi connectivity index (χ1v) is 16.0. The second-order valence-electron chi connectivity index (χ2n) is 13.4. The highest BCUT2D eigenvalue weighted by Gasteiger charge is 2.24. The molecule has 0 aliphatic heterocycles. The molecule has 0 amide bonds. The topological polar surface area (TPSA) is 63.8 Å². The fourth-order valence-electron chi connectivity index (χ4n) is 6.63. The van der Waals surface area contributed by atoms with Crippen molar-refractivity contribution >= 4 is 11.0 Å². The predicted octanol–water partition coefficient (Wildman–Crippen LogP) is 10.4. The van der Waals surface area contributed by atoms with Gasteiger partial charge < -0.3 is 5.11 Å². The highest BCUT2D eigenvalue weighted by atomic mass is 16.3. The fraction of sp³-hybridized carbons (Fsp3) is 0.167. The normalized spacial score (nSPS) is 11.7. The maximum Gasteiger partial charge on any atom is 0.222 e. The lowest BCUT2D eigenvalue weighted by atomic mass is 9.87. The average molecular weight is 615 g/mol. The van der Waals surface area contributed by atoms with E-state index in [1.165, 1.54) is 22.3 Å². The van der Waals surface area contributed by atoms with Gasteiger partial charge >= 0.3 is 0 Å². The molecule has 4 aromatic carbocycles. The SMILES string of the molecule is Cc1cc(C)c(-c2cc(-c3ccccn3)cc(-c3cccc4c3nc(-c3cc(C(C)(C)C)cnc3O)n4-c3ccccc3)c2)c(C)c1. The lowest BCUT2D eigenvalue weighted by molar-refractivity contribution is 0.453. The average Bonchev–Trinajstić information content (AvgIpc) is 3.44. The van der Waals surface area contributed by atoms with Gasteiger partial charge in [-0.15, -0.1) is 0 Å². The van der Waals surface area contributed by atoms with Crippen LogP contribution in [0, 0.1) is 20.8 Å². The van der Waals surface area contributed by atoms with Gasteiger partial charge in [-0.1, -0.05) is 74.9 Å². The number of pyridine rings is 2. The monoisotopic (exact) mass is 614 g/mol. The number of hydrogen-bond donors (Lipinski definition) is 1. The van der Waals surface area contributed by atoms with Gasteiger partial charge in [-0.25, -0.2) is 9.97 Å². The Morgan fingerprint density at radius 3 is 2.06 bits per heavy atom. The Labute approximate surface area is 276 Å². The van der Waals surface area contributed by atoms with Crippen molar-refractivity contribution in [2.24, 2.45) is 0 Å². The second-order valence-corrected chi connectivity index (χ2v) is 13.4. The van der Waals surface area contributed by atoms with E-state index in [-0.39, 0.29) is 11.3 Å². The van der Waals surface area contributed by atoms with Crippen LogP contribution in [0.3, 0.4) is 0 Å². The van der Waals surface area contributed by atoms with Crippen molar-refractivity contribution in [1.29, 1.82) is 0 Å². The van der Waals surface area contributed by atoms with Crippen LogP contribution in [0.2, 0.25) is 0 Å². The fourth-order valence-corrected chi connectivity index (χ4v) is 6.63. The first kappa shape index (κ1) is 30.1. The summed E-state index contributed by atoms with van der Waals surface area (Å²) >= 11 is 0. The van der Waals surface area contributed by atoms with E-state index < -0.39 is 0 Å². The van der Waals surface area contributed by atoms with Crippen LogP contribution in [-0.2, 0) is 5.41 Å². The van der Waals surface area contributed by atoms with E-state index in [1.807, 2.05) is 42.6 Å². The number of imidazole rings is 1. The maximum absolute atomic E-state index is 11.2. The molecule has 1 N–H and O–H groups in total. The van der Waals surface area contributed by atoms with Gasteiger partial charge in [-0.2, -0.15) is 0 Å². The Morgan fingerprint density at radius 1 is 0.660 bits per heavy atom. The van der Waals surface area contributed by atoms with E-state index in [0.29, 0.717) is 11.4 Å². The molecule has 5 nitrogen and oxygen atoms in total. The minimum absolute atomic E-state index is 0.0446. The summed E-state index contributed by atoms with van der Waals surface area (Å²) in [6, 6.07) is 35.8. The third-order valence-corrected chi connectivity index (χ3v) is 8.84. The molecule has 0 saturated carbocycles. The third-order valence-electron chi connectivity index (χ3n) is 8.84. The number of rotatable bonds is 5. The van der Waals surface area contributed by atoms with Gasteiger partial charge in [-0.3, -0.25) is 9.55 Å². The highest BCUT2D eigenvalue weighted by Crippen LogP contribution is 2.41. The van der Waals surface area contributed by atoms with Crippen LogP contribution in [-0.4, -0.2) is 24.6 Å². The van der Waals surface area contributed by atoms with Gasteiger partial charge in [0, 0.05) is 29.2 Å². The van der Waals surface area contributed by atoms with Crippen LogP contribution in [0.5, 0.6) is 5.88 Å². The highest BCUT2D eigenvalue weighted by molar-refractivity contribution is 5.97. The number of hydrogen-bond acceptors (Lipinski definition) is 4. The molecule has 7 aromatic rings. The molecule has 0 fully saturated rings. The zero-order valence-electron chi connectivity index (χ0n) is 27.7. The Balaban J connectivity index is 1.53. The van der Waals surface area contributed by atoms with Crippen LogP contribution < -0.4 is 0 Å². The number of aryl methyl sites for hydroxylation is 3. The third kappa shape index (κ3) is 5.59. The van der Waals surface area contributed by atoms with Crippen molar-refractivity contribution in [3.63, 3.8) is 0 Å². The van der Waals surface area contributed by atoms with Gasteiger partial charge in [0.25, 0.3) is 0 Å². The van der Waals surface area contributed by atoms with Crippen molar-refractivity contribution in [2.45, 2.75) is 47.0 Å². The van der Waals surface area contributed by atoms with E-state index in [9.17, 15) is 5.11 Å². The number of fused-ring (bicyclic) bond motifs is 1. The summed E-state index contributed by atoms with van der Waals surface area (Å²) in [6.07, 6.45) is 3.59. The second kappa shape index (κ2) is 11.7. The number of benzene rings is 4. The van der Waals surface area contributed by atoms with Crippen molar-refractivity contribution in [2.75, 3.05) is 0 Å². The van der Waals surface area contributed by atoms with E-state index in [1.54, 1.807) is 6.20 Å². The molecule has 5 heteroatoms. The van der Waals surface area contributed by atoms with Gasteiger partial charge in [0.15, 0.2) is 5.82 Å². The molecular formula is C42H38N4O. The molecule has 0 aliphatic rings. The van der Waals surface area contributed by atoms with Gasteiger partial charge in [0.05, 0.1) is 22.3 Å². The van der Waals surface area contributed by atoms with Crippen molar-refractivity contribution in [1.82, 2.24) is 19.5 Å². The zero-order chi connectivity index (χ0) is 32.9. The summed E-state index contributed by atoms with van der Waals surface area (Å²) in [5.74, 6) is 0.595. The van der Waals surface area contributed by atoms with Crippen LogP contribution in [0.25, 0.3) is 61.6 Å². The quantitative estimate of drug-likeness (QED) is 0.210. The van der Waals surface area contributed by atoms with Gasteiger partial charge in [0.2, 0.25) is 5.88 Å². The smallest absolute Gasteiger partial charge is 0.222 e. The molecule has 0 bridgehead atoms. The minimum Gasteiger partial charge on any atom is -0.493 e. The van der Waals surface area contributed by atoms with E-state index in [2.05, 4.69) is 118 Å².